The second kappa shape index (κ2) is 5.96. The Morgan fingerprint density at radius 3 is 2.50 bits per heavy atom. The highest BCUT2D eigenvalue weighted by Crippen LogP contribution is 2.25. The molecule has 1 aromatic rings. The Morgan fingerprint density at radius 2 is 1.94 bits per heavy atom. The zero-order chi connectivity index (χ0) is 13.8. The fourth-order valence-corrected chi connectivity index (χ4v) is 1.79. The van der Waals surface area contributed by atoms with Gasteiger partial charge in [-0.3, -0.25) is 10.1 Å². The van der Waals surface area contributed by atoms with Gasteiger partial charge in [-0.2, -0.15) is 0 Å². The first-order chi connectivity index (χ1) is 8.31. The topological polar surface area (TPSA) is 55.2 Å². The Hall–Kier alpha value is -1.42. The van der Waals surface area contributed by atoms with Crippen molar-refractivity contribution in [2.75, 3.05) is 6.54 Å². The molecule has 1 atom stereocenters. The standard InChI is InChI=1S/C14H22N2O2/c1-11(15-10-9-14(2,3)4)12-7-5-6-8-13(12)16(17)18/h5-8,11,15H,9-10H2,1-4H3. The maximum Gasteiger partial charge on any atom is 0.274 e. The highest BCUT2D eigenvalue weighted by Gasteiger charge is 2.18. The van der Waals surface area contributed by atoms with Crippen LogP contribution < -0.4 is 5.32 Å². The fraction of sp³-hybridized carbons (Fsp3) is 0.571. The van der Waals surface area contributed by atoms with E-state index in [9.17, 15) is 10.1 Å². The third kappa shape index (κ3) is 4.45. The van der Waals surface area contributed by atoms with E-state index in [2.05, 4.69) is 26.1 Å². The molecule has 0 amide bonds. The van der Waals surface area contributed by atoms with E-state index >= 15 is 0 Å². The second-order valence-electron chi connectivity index (χ2n) is 5.80. The molecule has 4 nitrogen and oxygen atoms in total. The zero-order valence-electron chi connectivity index (χ0n) is 11.6. The number of para-hydroxylation sites is 1. The molecule has 100 valence electrons. The molecule has 0 aliphatic heterocycles. The highest BCUT2D eigenvalue weighted by molar-refractivity contribution is 5.41. The first kappa shape index (κ1) is 14.6. The monoisotopic (exact) mass is 250 g/mol. The summed E-state index contributed by atoms with van der Waals surface area (Å²) in [5, 5.41) is 14.3. The molecule has 0 saturated carbocycles. The van der Waals surface area contributed by atoms with Crippen LogP contribution >= 0.6 is 0 Å². The van der Waals surface area contributed by atoms with E-state index < -0.39 is 0 Å². The SMILES string of the molecule is CC(NCCC(C)(C)C)c1ccccc1[N+](=O)[O-]. The van der Waals surface area contributed by atoms with E-state index in [4.69, 9.17) is 0 Å². The Morgan fingerprint density at radius 1 is 1.33 bits per heavy atom. The molecule has 4 heteroatoms. The van der Waals surface area contributed by atoms with E-state index in [0.717, 1.165) is 18.5 Å². The maximum absolute atomic E-state index is 10.9. The summed E-state index contributed by atoms with van der Waals surface area (Å²) in [4.78, 5) is 10.6. The minimum absolute atomic E-state index is 0.00560. The summed E-state index contributed by atoms with van der Waals surface area (Å²) in [6.45, 7) is 9.38. The zero-order valence-corrected chi connectivity index (χ0v) is 11.6. The lowest BCUT2D eigenvalue weighted by atomic mass is 9.92. The lowest BCUT2D eigenvalue weighted by molar-refractivity contribution is -0.385. The molecule has 1 N–H and O–H groups in total. The van der Waals surface area contributed by atoms with Gasteiger partial charge in [0.15, 0.2) is 0 Å². The van der Waals surface area contributed by atoms with Crippen LogP contribution in [0.3, 0.4) is 0 Å². The average molecular weight is 250 g/mol. The van der Waals surface area contributed by atoms with Crippen molar-refractivity contribution in [2.24, 2.45) is 5.41 Å². The summed E-state index contributed by atoms with van der Waals surface area (Å²) < 4.78 is 0. The molecule has 1 unspecified atom stereocenters. The van der Waals surface area contributed by atoms with Crippen LogP contribution in [0.1, 0.15) is 45.7 Å². The smallest absolute Gasteiger partial charge is 0.274 e. The van der Waals surface area contributed by atoms with Crippen LogP contribution in [-0.2, 0) is 0 Å². The molecule has 0 aromatic heterocycles. The number of rotatable bonds is 5. The normalized spacial score (nSPS) is 13.3. The van der Waals surface area contributed by atoms with Gasteiger partial charge in [0.25, 0.3) is 5.69 Å². The average Bonchev–Trinajstić information content (AvgIpc) is 2.27. The van der Waals surface area contributed by atoms with Gasteiger partial charge < -0.3 is 5.32 Å². The molecule has 0 saturated heterocycles. The molecule has 0 spiro atoms. The Labute approximate surface area is 109 Å². The van der Waals surface area contributed by atoms with Crippen LogP contribution in [0.25, 0.3) is 0 Å². The van der Waals surface area contributed by atoms with Crippen LogP contribution in [-0.4, -0.2) is 11.5 Å². The van der Waals surface area contributed by atoms with Crippen molar-refractivity contribution in [3.05, 3.63) is 39.9 Å². The number of nitrogens with zero attached hydrogens (tertiary/aromatic N) is 1. The summed E-state index contributed by atoms with van der Waals surface area (Å²) in [5.74, 6) is 0. The van der Waals surface area contributed by atoms with Gasteiger partial charge in [0.2, 0.25) is 0 Å². The van der Waals surface area contributed by atoms with Gasteiger partial charge in [-0.1, -0.05) is 39.0 Å². The molecule has 18 heavy (non-hydrogen) atoms. The van der Waals surface area contributed by atoms with Gasteiger partial charge in [-0.05, 0) is 25.3 Å². The predicted molar refractivity (Wildman–Crippen MR) is 73.6 cm³/mol. The summed E-state index contributed by atoms with van der Waals surface area (Å²) in [6, 6.07) is 6.90. The van der Waals surface area contributed by atoms with E-state index in [-0.39, 0.29) is 22.1 Å². The van der Waals surface area contributed by atoms with Gasteiger partial charge in [0.1, 0.15) is 0 Å². The van der Waals surface area contributed by atoms with Crippen LogP contribution in [0.4, 0.5) is 5.69 Å². The van der Waals surface area contributed by atoms with Gasteiger partial charge in [-0.25, -0.2) is 0 Å². The van der Waals surface area contributed by atoms with Gasteiger partial charge in [0.05, 0.1) is 4.92 Å². The molecule has 0 aliphatic carbocycles. The van der Waals surface area contributed by atoms with E-state index in [1.165, 1.54) is 0 Å². The van der Waals surface area contributed by atoms with Crippen molar-refractivity contribution in [3.8, 4) is 0 Å². The minimum atomic E-state index is -0.322. The Kier molecular flexibility index (Phi) is 4.84. The third-order valence-corrected chi connectivity index (χ3v) is 2.93. The van der Waals surface area contributed by atoms with Crippen molar-refractivity contribution in [1.82, 2.24) is 5.32 Å². The molecule has 0 radical (unpaired) electrons. The number of nitro benzene ring substituents is 1. The third-order valence-electron chi connectivity index (χ3n) is 2.93. The number of hydrogen-bond acceptors (Lipinski definition) is 3. The molecule has 0 aliphatic rings. The Bertz CT molecular complexity index is 411. The summed E-state index contributed by atoms with van der Waals surface area (Å²) in [5.41, 5.74) is 1.21. The summed E-state index contributed by atoms with van der Waals surface area (Å²) in [7, 11) is 0. The molecule has 0 heterocycles. The van der Waals surface area contributed by atoms with E-state index in [1.54, 1.807) is 12.1 Å². The van der Waals surface area contributed by atoms with Crippen molar-refractivity contribution >= 4 is 5.69 Å². The predicted octanol–water partition coefficient (Wildman–Crippen LogP) is 3.68. The largest absolute Gasteiger partial charge is 0.310 e. The number of benzene rings is 1. The maximum atomic E-state index is 10.9. The first-order valence-corrected chi connectivity index (χ1v) is 6.28. The summed E-state index contributed by atoms with van der Waals surface area (Å²) in [6.07, 6.45) is 1.04. The van der Waals surface area contributed by atoms with Gasteiger partial charge in [0, 0.05) is 17.7 Å². The van der Waals surface area contributed by atoms with Crippen molar-refractivity contribution in [2.45, 2.75) is 40.2 Å². The number of nitrogens with one attached hydrogen (secondary N) is 1. The van der Waals surface area contributed by atoms with E-state index in [0.29, 0.717) is 0 Å². The van der Waals surface area contributed by atoms with Crippen LogP contribution in [0.5, 0.6) is 0 Å². The van der Waals surface area contributed by atoms with Crippen molar-refractivity contribution in [1.29, 1.82) is 0 Å². The minimum Gasteiger partial charge on any atom is -0.310 e. The van der Waals surface area contributed by atoms with E-state index in [1.807, 2.05) is 19.1 Å². The molecule has 1 aromatic carbocycles. The Balaban J connectivity index is 2.67. The number of hydrogen-bond donors (Lipinski definition) is 1. The second-order valence-corrected chi connectivity index (χ2v) is 5.80. The molecule has 0 fully saturated rings. The lowest BCUT2D eigenvalue weighted by Gasteiger charge is -2.20. The van der Waals surface area contributed by atoms with Crippen LogP contribution in [0, 0.1) is 15.5 Å². The first-order valence-electron chi connectivity index (χ1n) is 6.28. The molecular weight excluding hydrogens is 228 g/mol. The molecular formula is C14H22N2O2. The van der Waals surface area contributed by atoms with Crippen molar-refractivity contribution < 1.29 is 4.92 Å². The molecule has 1 rings (SSSR count). The van der Waals surface area contributed by atoms with Crippen molar-refractivity contribution in [3.63, 3.8) is 0 Å². The van der Waals surface area contributed by atoms with Crippen LogP contribution in [0.15, 0.2) is 24.3 Å². The quantitative estimate of drug-likeness (QED) is 0.640. The van der Waals surface area contributed by atoms with Crippen LogP contribution in [0.2, 0.25) is 0 Å². The lowest BCUT2D eigenvalue weighted by Crippen LogP contribution is -2.24. The fourth-order valence-electron chi connectivity index (χ4n) is 1.79. The van der Waals surface area contributed by atoms with Gasteiger partial charge in [-0.15, -0.1) is 0 Å². The highest BCUT2D eigenvalue weighted by atomic mass is 16.6. The summed E-state index contributed by atoms with van der Waals surface area (Å²) >= 11 is 0. The molecule has 0 bridgehead atoms. The number of nitro groups is 1. The van der Waals surface area contributed by atoms with Gasteiger partial charge >= 0.3 is 0 Å².